The van der Waals surface area contributed by atoms with Gasteiger partial charge in [0.15, 0.2) is 0 Å². The Balaban J connectivity index is 1.89. The van der Waals surface area contributed by atoms with Gasteiger partial charge in [0.05, 0.1) is 16.9 Å². The normalized spacial score (nSPS) is 17.0. The molecule has 1 saturated heterocycles. The van der Waals surface area contributed by atoms with Crippen LogP contribution in [0.4, 0.5) is 18.9 Å². The topological polar surface area (TPSA) is 74.6 Å². The molecule has 0 amide bonds. The minimum absolute atomic E-state index is 0.134. The van der Waals surface area contributed by atoms with Crippen molar-refractivity contribution in [2.75, 3.05) is 24.5 Å². The molecule has 2 atom stereocenters. The SMILES string of the molecule is CCN[C@@H](C)[C@@H]1CCN(c2cc3c(cc2F)c(=O)c(C(=O)O)cn3-c2ccc(F)cc2F)C1. The summed E-state index contributed by atoms with van der Waals surface area (Å²) in [7, 11) is 0. The molecular formula is C24H24F3N3O3. The molecule has 33 heavy (non-hydrogen) atoms. The van der Waals surface area contributed by atoms with E-state index in [1.807, 2.05) is 11.8 Å². The Bertz CT molecular complexity index is 1290. The molecule has 2 aromatic carbocycles. The first-order valence-corrected chi connectivity index (χ1v) is 10.8. The van der Waals surface area contributed by atoms with Gasteiger partial charge in [0, 0.05) is 36.8 Å². The van der Waals surface area contributed by atoms with Crippen molar-refractivity contribution in [3.05, 3.63) is 69.8 Å². The number of aromatic carboxylic acids is 1. The van der Waals surface area contributed by atoms with Gasteiger partial charge in [-0.15, -0.1) is 0 Å². The summed E-state index contributed by atoms with van der Waals surface area (Å²) in [5.74, 6) is -3.63. The van der Waals surface area contributed by atoms with Crippen LogP contribution in [0.3, 0.4) is 0 Å². The van der Waals surface area contributed by atoms with Crippen molar-refractivity contribution in [1.29, 1.82) is 0 Å². The molecule has 0 saturated carbocycles. The molecule has 2 N–H and O–H groups in total. The molecule has 9 heteroatoms. The van der Waals surface area contributed by atoms with E-state index in [1.165, 1.54) is 6.07 Å². The lowest BCUT2D eigenvalue weighted by molar-refractivity contribution is 0.0695. The maximum atomic E-state index is 15.2. The maximum Gasteiger partial charge on any atom is 0.341 e. The van der Waals surface area contributed by atoms with Crippen molar-refractivity contribution >= 4 is 22.6 Å². The summed E-state index contributed by atoms with van der Waals surface area (Å²) in [6.45, 7) is 6.12. The number of fused-ring (bicyclic) bond motifs is 1. The number of pyridine rings is 1. The first-order valence-electron chi connectivity index (χ1n) is 10.8. The summed E-state index contributed by atoms with van der Waals surface area (Å²) in [4.78, 5) is 26.3. The number of benzene rings is 2. The van der Waals surface area contributed by atoms with Crippen LogP contribution in [0.2, 0.25) is 0 Å². The Kier molecular flexibility index (Phi) is 6.16. The third-order valence-electron chi connectivity index (χ3n) is 6.27. The maximum absolute atomic E-state index is 15.2. The summed E-state index contributed by atoms with van der Waals surface area (Å²) >= 11 is 0. The third kappa shape index (κ3) is 4.20. The summed E-state index contributed by atoms with van der Waals surface area (Å²) in [5, 5.41) is 12.6. The van der Waals surface area contributed by atoms with E-state index in [0.717, 1.165) is 41.9 Å². The lowest BCUT2D eigenvalue weighted by Gasteiger charge is -2.23. The van der Waals surface area contributed by atoms with Gasteiger partial charge in [0.2, 0.25) is 5.43 Å². The highest BCUT2D eigenvalue weighted by atomic mass is 19.1. The van der Waals surface area contributed by atoms with Gasteiger partial charge in [0.1, 0.15) is 23.0 Å². The number of hydrogen-bond donors (Lipinski definition) is 2. The van der Waals surface area contributed by atoms with Crippen LogP contribution in [-0.4, -0.2) is 41.3 Å². The largest absolute Gasteiger partial charge is 0.477 e. The number of rotatable bonds is 6. The predicted molar refractivity (Wildman–Crippen MR) is 120 cm³/mol. The number of carboxylic acid groups (broad SMARTS) is 1. The van der Waals surface area contributed by atoms with Crippen molar-refractivity contribution in [1.82, 2.24) is 9.88 Å². The predicted octanol–water partition coefficient (Wildman–Crippen LogP) is 3.93. The lowest BCUT2D eigenvalue weighted by atomic mass is 10.0. The monoisotopic (exact) mass is 459 g/mol. The Hall–Kier alpha value is -3.33. The number of nitrogens with one attached hydrogen (secondary N) is 1. The molecular weight excluding hydrogens is 435 g/mol. The minimum atomic E-state index is -1.53. The highest BCUT2D eigenvalue weighted by Gasteiger charge is 2.29. The van der Waals surface area contributed by atoms with Crippen molar-refractivity contribution < 1.29 is 23.1 Å². The van der Waals surface area contributed by atoms with E-state index in [2.05, 4.69) is 12.2 Å². The Morgan fingerprint density at radius 1 is 1.18 bits per heavy atom. The zero-order chi connectivity index (χ0) is 23.9. The smallest absolute Gasteiger partial charge is 0.341 e. The lowest BCUT2D eigenvalue weighted by Crippen LogP contribution is -2.35. The number of carbonyl (C=O) groups is 1. The number of carboxylic acids is 1. The van der Waals surface area contributed by atoms with Crippen LogP contribution in [0.1, 0.15) is 30.6 Å². The van der Waals surface area contributed by atoms with Crippen LogP contribution < -0.4 is 15.6 Å². The molecule has 0 aliphatic carbocycles. The molecule has 0 radical (unpaired) electrons. The van der Waals surface area contributed by atoms with Crippen LogP contribution in [0, 0.1) is 23.4 Å². The van der Waals surface area contributed by atoms with Crippen LogP contribution in [0.25, 0.3) is 16.6 Å². The summed E-state index contributed by atoms with van der Waals surface area (Å²) in [5.41, 5.74) is -1.29. The van der Waals surface area contributed by atoms with E-state index in [0.29, 0.717) is 25.1 Å². The van der Waals surface area contributed by atoms with E-state index in [9.17, 15) is 23.5 Å². The molecule has 0 spiro atoms. The van der Waals surface area contributed by atoms with Gasteiger partial charge in [0.25, 0.3) is 0 Å². The quantitative estimate of drug-likeness (QED) is 0.584. The zero-order valence-electron chi connectivity index (χ0n) is 18.2. The van der Waals surface area contributed by atoms with Gasteiger partial charge in [-0.3, -0.25) is 4.79 Å². The second-order valence-electron chi connectivity index (χ2n) is 8.30. The number of anilines is 1. The van der Waals surface area contributed by atoms with E-state index in [1.54, 1.807) is 0 Å². The van der Waals surface area contributed by atoms with Gasteiger partial charge in [-0.2, -0.15) is 0 Å². The van der Waals surface area contributed by atoms with Crippen LogP contribution in [-0.2, 0) is 0 Å². The first kappa shape index (κ1) is 22.8. The Labute approximate surface area is 188 Å². The second-order valence-corrected chi connectivity index (χ2v) is 8.30. The fourth-order valence-electron chi connectivity index (χ4n) is 4.51. The third-order valence-corrected chi connectivity index (χ3v) is 6.27. The average molecular weight is 459 g/mol. The average Bonchev–Trinajstić information content (AvgIpc) is 3.25. The van der Waals surface area contributed by atoms with Crippen molar-refractivity contribution in [2.24, 2.45) is 5.92 Å². The van der Waals surface area contributed by atoms with E-state index >= 15 is 4.39 Å². The molecule has 1 aliphatic heterocycles. The van der Waals surface area contributed by atoms with Gasteiger partial charge in [-0.05, 0) is 50.1 Å². The van der Waals surface area contributed by atoms with Gasteiger partial charge in [-0.1, -0.05) is 6.92 Å². The molecule has 0 bridgehead atoms. The van der Waals surface area contributed by atoms with Crippen molar-refractivity contribution in [3.63, 3.8) is 0 Å². The molecule has 1 fully saturated rings. The molecule has 3 aromatic rings. The number of halogens is 3. The van der Waals surface area contributed by atoms with Gasteiger partial charge in [-0.25, -0.2) is 18.0 Å². The Morgan fingerprint density at radius 3 is 2.58 bits per heavy atom. The fourth-order valence-corrected chi connectivity index (χ4v) is 4.51. The fraction of sp³-hybridized carbons (Fsp3) is 0.333. The number of hydrogen-bond acceptors (Lipinski definition) is 4. The minimum Gasteiger partial charge on any atom is -0.477 e. The highest BCUT2D eigenvalue weighted by Crippen LogP contribution is 2.32. The number of nitrogens with zero attached hydrogens (tertiary/aromatic N) is 2. The molecule has 174 valence electrons. The Morgan fingerprint density at radius 2 is 1.91 bits per heavy atom. The van der Waals surface area contributed by atoms with Crippen LogP contribution >= 0.6 is 0 Å². The summed E-state index contributed by atoms with van der Waals surface area (Å²) < 4.78 is 44.4. The molecule has 6 nitrogen and oxygen atoms in total. The van der Waals surface area contributed by atoms with E-state index < -0.39 is 34.4 Å². The number of aromatic nitrogens is 1. The summed E-state index contributed by atoms with van der Waals surface area (Å²) in [6.07, 6.45) is 1.84. The van der Waals surface area contributed by atoms with Crippen LogP contribution in [0.15, 0.2) is 41.3 Å². The van der Waals surface area contributed by atoms with Gasteiger partial charge < -0.3 is 19.9 Å². The van der Waals surface area contributed by atoms with E-state index in [4.69, 9.17) is 0 Å². The van der Waals surface area contributed by atoms with Crippen molar-refractivity contribution in [3.8, 4) is 5.69 Å². The highest BCUT2D eigenvalue weighted by molar-refractivity contribution is 5.94. The van der Waals surface area contributed by atoms with Gasteiger partial charge >= 0.3 is 5.97 Å². The molecule has 2 heterocycles. The molecule has 1 aromatic heterocycles. The standard InChI is InChI=1S/C24H24F3N3O3/c1-3-28-13(2)14-6-7-29(11-14)22-10-21-16(9-19(22)27)23(31)17(24(32)33)12-30(21)20-5-4-15(25)8-18(20)26/h4-5,8-10,12-14,28H,3,6-7,11H2,1-2H3,(H,32,33)/t13-,14+/m0/s1. The van der Waals surface area contributed by atoms with Crippen molar-refractivity contribution in [2.45, 2.75) is 26.3 Å². The first-order chi connectivity index (χ1) is 15.7. The summed E-state index contributed by atoms with van der Waals surface area (Å²) in [6, 6.07) is 5.51. The molecule has 4 rings (SSSR count). The van der Waals surface area contributed by atoms with Crippen LogP contribution in [0.5, 0.6) is 0 Å². The molecule has 0 unspecified atom stereocenters. The second kappa shape index (κ2) is 8.90. The molecule has 1 aliphatic rings. The van der Waals surface area contributed by atoms with E-state index in [-0.39, 0.29) is 28.3 Å². The zero-order valence-corrected chi connectivity index (χ0v) is 18.2.